The summed E-state index contributed by atoms with van der Waals surface area (Å²) in [6.07, 6.45) is 2.13. The van der Waals surface area contributed by atoms with E-state index in [0.29, 0.717) is 30.9 Å². The highest BCUT2D eigenvalue weighted by Crippen LogP contribution is 2.30. The van der Waals surface area contributed by atoms with Crippen LogP contribution in [0.25, 0.3) is 0 Å². The SMILES string of the molecule is CCC1CN(C(=O)Nc2cccc(OC)c2)CCC1CC(=O)N(C)CC#N. The van der Waals surface area contributed by atoms with Gasteiger partial charge < -0.3 is 19.9 Å². The number of benzene rings is 1. The van der Waals surface area contributed by atoms with E-state index in [9.17, 15) is 9.59 Å². The first-order chi connectivity index (χ1) is 13.0. The van der Waals surface area contributed by atoms with Gasteiger partial charge in [0.25, 0.3) is 0 Å². The summed E-state index contributed by atoms with van der Waals surface area (Å²) in [6, 6.07) is 9.14. The molecular formula is C20H28N4O3. The highest BCUT2D eigenvalue weighted by Gasteiger charge is 2.32. The first-order valence-corrected chi connectivity index (χ1v) is 9.29. The molecule has 2 rings (SSSR count). The van der Waals surface area contributed by atoms with Crippen LogP contribution in [-0.2, 0) is 4.79 Å². The monoisotopic (exact) mass is 372 g/mol. The van der Waals surface area contributed by atoms with Gasteiger partial charge in [-0.3, -0.25) is 4.79 Å². The van der Waals surface area contributed by atoms with Crippen LogP contribution < -0.4 is 10.1 Å². The van der Waals surface area contributed by atoms with Crippen LogP contribution in [-0.4, -0.2) is 55.5 Å². The number of nitrogens with one attached hydrogen (secondary N) is 1. The van der Waals surface area contributed by atoms with Crippen molar-refractivity contribution in [3.05, 3.63) is 24.3 Å². The van der Waals surface area contributed by atoms with E-state index in [-0.39, 0.29) is 30.3 Å². The van der Waals surface area contributed by atoms with Crippen molar-refractivity contribution in [1.29, 1.82) is 5.26 Å². The van der Waals surface area contributed by atoms with Crippen LogP contribution in [0, 0.1) is 23.2 Å². The number of hydrogen-bond donors (Lipinski definition) is 1. The fourth-order valence-corrected chi connectivity index (χ4v) is 3.47. The van der Waals surface area contributed by atoms with E-state index in [4.69, 9.17) is 10.00 Å². The molecule has 2 unspecified atom stereocenters. The number of carbonyl (C=O) groups is 2. The van der Waals surface area contributed by atoms with Crippen molar-refractivity contribution in [2.24, 2.45) is 11.8 Å². The summed E-state index contributed by atoms with van der Waals surface area (Å²) in [7, 11) is 3.25. The molecule has 1 aliphatic heterocycles. The second kappa shape index (κ2) is 9.81. The number of ether oxygens (including phenoxy) is 1. The Labute approximate surface area is 160 Å². The van der Waals surface area contributed by atoms with Crippen LogP contribution in [0.2, 0.25) is 0 Å². The summed E-state index contributed by atoms with van der Waals surface area (Å²) in [6.45, 7) is 3.44. The molecular weight excluding hydrogens is 344 g/mol. The standard InChI is InChI=1S/C20H28N4O3/c1-4-15-14-24(10-8-16(15)12-19(25)23(2)11-9-21)20(26)22-17-6-5-7-18(13-17)27-3/h5-7,13,15-16H,4,8,10-12,14H2,1-3H3,(H,22,26). The van der Waals surface area contributed by atoms with Crippen LogP contribution >= 0.6 is 0 Å². The molecule has 0 aliphatic carbocycles. The molecule has 2 atom stereocenters. The van der Waals surface area contributed by atoms with E-state index in [0.717, 1.165) is 12.8 Å². The molecule has 0 aromatic heterocycles. The number of anilines is 1. The molecule has 1 aromatic rings. The molecule has 7 heteroatoms. The zero-order valence-electron chi connectivity index (χ0n) is 16.3. The molecule has 1 saturated heterocycles. The number of nitrogens with zero attached hydrogens (tertiary/aromatic N) is 3. The molecule has 1 fully saturated rings. The Morgan fingerprint density at radius 1 is 1.41 bits per heavy atom. The number of piperidine rings is 1. The third-order valence-corrected chi connectivity index (χ3v) is 5.19. The van der Waals surface area contributed by atoms with Gasteiger partial charge in [0, 0.05) is 38.3 Å². The Morgan fingerprint density at radius 2 is 2.19 bits per heavy atom. The third-order valence-electron chi connectivity index (χ3n) is 5.19. The van der Waals surface area contributed by atoms with Gasteiger partial charge in [-0.1, -0.05) is 19.4 Å². The second-order valence-corrected chi connectivity index (χ2v) is 6.94. The summed E-state index contributed by atoms with van der Waals surface area (Å²) in [4.78, 5) is 28.1. The highest BCUT2D eigenvalue weighted by molar-refractivity contribution is 5.89. The van der Waals surface area contributed by atoms with Crippen LogP contribution in [0.4, 0.5) is 10.5 Å². The first-order valence-electron chi connectivity index (χ1n) is 9.29. The minimum absolute atomic E-state index is 0.00529. The largest absolute Gasteiger partial charge is 0.497 e. The lowest BCUT2D eigenvalue weighted by atomic mass is 9.81. The molecule has 7 nitrogen and oxygen atoms in total. The molecule has 0 radical (unpaired) electrons. The number of carbonyl (C=O) groups excluding carboxylic acids is 2. The van der Waals surface area contributed by atoms with Crippen LogP contribution in [0.5, 0.6) is 5.75 Å². The summed E-state index contributed by atoms with van der Waals surface area (Å²) < 4.78 is 5.18. The number of hydrogen-bond acceptors (Lipinski definition) is 4. The van der Waals surface area contributed by atoms with E-state index >= 15 is 0 Å². The molecule has 0 bridgehead atoms. The van der Waals surface area contributed by atoms with Crippen LogP contribution in [0.3, 0.4) is 0 Å². The quantitative estimate of drug-likeness (QED) is 0.778. The zero-order chi connectivity index (χ0) is 19.8. The average molecular weight is 372 g/mol. The minimum Gasteiger partial charge on any atom is -0.497 e. The zero-order valence-corrected chi connectivity index (χ0v) is 16.3. The van der Waals surface area contributed by atoms with Crippen molar-refractivity contribution in [3.63, 3.8) is 0 Å². The fraction of sp³-hybridized carbons (Fsp3) is 0.550. The van der Waals surface area contributed by atoms with Gasteiger partial charge in [-0.05, 0) is 30.4 Å². The topological polar surface area (TPSA) is 85.7 Å². The second-order valence-electron chi connectivity index (χ2n) is 6.94. The molecule has 3 amide bonds. The maximum Gasteiger partial charge on any atom is 0.321 e. The van der Waals surface area contributed by atoms with Gasteiger partial charge in [0.1, 0.15) is 12.3 Å². The predicted molar refractivity (Wildman–Crippen MR) is 103 cm³/mol. The first kappa shape index (κ1) is 20.6. The van der Waals surface area contributed by atoms with E-state index in [1.165, 1.54) is 4.90 Å². The van der Waals surface area contributed by atoms with Gasteiger partial charge in [-0.15, -0.1) is 0 Å². The predicted octanol–water partition coefficient (Wildman–Crippen LogP) is 2.95. The maximum atomic E-state index is 12.6. The van der Waals surface area contributed by atoms with E-state index in [1.807, 2.05) is 29.2 Å². The number of nitriles is 1. The fourth-order valence-electron chi connectivity index (χ4n) is 3.47. The number of amides is 3. The van der Waals surface area contributed by atoms with Gasteiger partial charge >= 0.3 is 6.03 Å². The molecule has 27 heavy (non-hydrogen) atoms. The van der Waals surface area contributed by atoms with E-state index in [2.05, 4.69) is 12.2 Å². The van der Waals surface area contributed by atoms with E-state index in [1.54, 1.807) is 20.2 Å². The van der Waals surface area contributed by atoms with E-state index < -0.39 is 0 Å². The lowest BCUT2D eigenvalue weighted by Gasteiger charge is -2.38. The van der Waals surface area contributed by atoms with Gasteiger partial charge in [0.2, 0.25) is 5.91 Å². The van der Waals surface area contributed by atoms with Crippen molar-refractivity contribution < 1.29 is 14.3 Å². The molecule has 1 aromatic carbocycles. The summed E-state index contributed by atoms with van der Waals surface area (Å²) in [5, 5.41) is 11.7. The maximum absolute atomic E-state index is 12.6. The number of likely N-dealkylation sites (tertiary alicyclic amines) is 1. The normalized spacial score (nSPS) is 19.1. The number of rotatable bonds is 6. The lowest BCUT2D eigenvalue weighted by Crippen LogP contribution is -2.46. The van der Waals surface area contributed by atoms with Crippen molar-refractivity contribution in [2.45, 2.75) is 26.2 Å². The Kier molecular flexibility index (Phi) is 7.47. The molecule has 0 spiro atoms. The van der Waals surface area contributed by atoms with Gasteiger partial charge in [0.05, 0.1) is 13.2 Å². The highest BCUT2D eigenvalue weighted by atomic mass is 16.5. The van der Waals surface area contributed by atoms with Gasteiger partial charge in [-0.25, -0.2) is 4.79 Å². The summed E-state index contributed by atoms with van der Waals surface area (Å²) in [5.74, 6) is 1.20. The lowest BCUT2D eigenvalue weighted by molar-refractivity contribution is -0.131. The Hall–Kier alpha value is -2.75. The Bertz CT molecular complexity index is 701. The minimum atomic E-state index is -0.131. The van der Waals surface area contributed by atoms with Gasteiger partial charge in [0.15, 0.2) is 0 Å². The van der Waals surface area contributed by atoms with Crippen LogP contribution in [0.1, 0.15) is 26.2 Å². The average Bonchev–Trinajstić information content (AvgIpc) is 2.68. The van der Waals surface area contributed by atoms with Crippen molar-refractivity contribution in [1.82, 2.24) is 9.80 Å². The molecule has 0 saturated carbocycles. The molecule has 1 aliphatic rings. The summed E-state index contributed by atoms with van der Waals surface area (Å²) in [5.41, 5.74) is 0.697. The van der Waals surface area contributed by atoms with Crippen molar-refractivity contribution in [2.75, 3.05) is 39.1 Å². The van der Waals surface area contributed by atoms with Crippen molar-refractivity contribution in [3.8, 4) is 11.8 Å². The smallest absolute Gasteiger partial charge is 0.321 e. The van der Waals surface area contributed by atoms with Crippen molar-refractivity contribution >= 4 is 17.6 Å². The molecule has 146 valence electrons. The number of urea groups is 1. The van der Waals surface area contributed by atoms with Crippen LogP contribution in [0.15, 0.2) is 24.3 Å². The van der Waals surface area contributed by atoms with Gasteiger partial charge in [-0.2, -0.15) is 5.26 Å². The Balaban J connectivity index is 1.93. The summed E-state index contributed by atoms with van der Waals surface area (Å²) >= 11 is 0. The molecule has 1 N–H and O–H groups in total. The third kappa shape index (κ3) is 5.61. The Morgan fingerprint density at radius 3 is 2.85 bits per heavy atom. The number of methoxy groups -OCH3 is 1. The molecule has 1 heterocycles.